The van der Waals surface area contributed by atoms with Gasteiger partial charge in [-0.15, -0.1) is 15.0 Å². The summed E-state index contributed by atoms with van der Waals surface area (Å²) < 4.78 is 57.7. The van der Waals surface area contributed by atoms with Gasteiger partial charge in [0, 0.05) is 33.4 Å². The molecule has 7 rings (SSSR count). The van der Waals surface area contributed by atoms with Gasteiger partial charge in [0.25, 0.3) is 0 Å². The van der Waals surface area contributed by atoms with Gasteiger partial charge >= 0.3 is 18.0 Å². The summed E-state index contributed by atoms with van der Waals surface area (Å²) in [6.07, 6.45) is 0. The van der Waals surface area contributed by atoms with Gasteiger partial charge in [0.2, 0.25) is 0 Å². The van der Waals surface area contributed by atoms with Crippen molar-refractivity contribution in [2.45, 2.75) is 0 Å². The number of carbonyl (C=O) groups excluding carboxylic acids is 3. The minimum absolute atomic E-state index is 0.237. The maximum absolute atomic E-state index is 13.3. The molecule has 0 unspecified atom stereocenters. The first kappa shape index (κ1) is 35.0. The number of ether oxygens (including phenoxy) is 3. The van der Waals surface area contributed by atoms with Crippen LogP contribution >= 0.6 is 0 Å². The van der Waals surface area contributed by atoms with Crippen molar-refractivity contribution in [3.05, 3.63) is 196 Å². The molecule has 0 radical (unpaired) electrons. The topological polar surface area (TPSA) is 118 Å². The van der Waals surface area contributed by atoms with E-state index in [0.29, 0.717) is 33.4 Å². The molecule has 0 fully saturated rings. The van der Waals surface area contributed by atoms with Crippen molar-refractivity contribution in [3.8, 4) is 35.3 Å². The van der Waals surface area contributed by atoms with Crippen LogP contribution < -0.4 is 14.2 Å². The first-order chi connectivity index (χ1) is 26.2. The zero-order valence-electron chi connectivity index (χ0n) is 27.8. The molecule has 0 bridgehead atoms. The van der Waals surface area contributed by atoms with E-state index in [0.717, 1.165) is 0 Å². The standard InChI is InChI=1S/C42H24F3N3O6/c43-31-13-1-25(2-14-31)37(49)28-7-19-34(20-8-28)52-40-46-41(53-35-21-9-29(10-22-35)38(50)26-3-15-32(44)16-4-26)48-42(47-40)54-36-23-11-30(12-24-36)39(51)27-5-17-33(45)18-6-27/h1-24H. The van der Waals surface area contributed by atoms with E-state index in [1.807, 2.05) is 0 Å². The number of rotatable bonds is 12. The number of benzene rings is 6. The van der Waals surface area contributed by atoms with Gasteiger partial charge in [-0.05, 0) is 146 Å². The lowest BCUT2D eigenvalue weighted by Crippen LogP contribution is -2.03. The normalized spacial score (nSPS) is 10.7. The summed E-state index contributed by atoms with van der Waals surface area (Å²) in [6.45, 7) is 0. The molecular weight excluding hydrogens is 699 g/mol. The van der Waals surface area contributed by atoms with Crippen molar-refractivity contribution in [2.24, 2.45) is 0 Å². The van der Waals surface area contributed by atoms with E-state index >= 15 is 0 Å². The Morgan fingerprint density at radius 2 is 0.500 bits per heavy atom. The van der Waals surface area contributed by atoms with Crippen LogP contribution in [0.4, 0.5) is 13.2 Å². The summed E-state index contributed by atoms with van der Waals surface area (Å²) in [5.74, 6) is -1.56. The predicted octanol–water partition coefficient (Wildman–Crippen LogP) is 9.36. The molecule has 6 aromatic carbocycles. The second-order valence-electron chi connectivity index (χ2n) is 11.6. The largest absolute Gasteiger partial charge is 0.424 e. The fourth-order valence-corrected chi connectivity index (χ4v) is 5.10. The molecule has 12 heteroatoms. The second kappa shape index (κ2) is 15.4. The van der Waals surface area contributed by atoms with E-state index in [4.69, 9.17) is 14.2 Å². The van der Waals surface area contributed by atoms with E-state index in [9.17, 15) is 27.6 Å². The Hall–Kier alpha value is -7.47. The van der Waals surface area contributed by atoms with Crippen LogP contribution in [0.5, 0.6) is 35.3 Å². The van der Waals surface area contributed by atoms with Crippen molar-refractivity contribution >= 4 is 17.3 Å². The fraction of sp³-hybridized carbons (Fsp3) is 0. The first-order valence-electron chi connectivity index (χ1n) is 16.2. The lowest BCUT2D eigenvalue weighted by Gasteiger charge is -2.10. The van der Waals surface area contributed by atoms with Crippen molar-refractivity contribution in [1.82, 2.24) is 15.0 Å². The smallest absolute Gasteiger partial charge is 0.331 e. The highest BCUT2D eigenvalue weighted by molar-refractivity contribution is 6.10. The monoisotopic (exact) mass is 723 g/mol. The van der Waals surface area contributed by atoms with Gasteiger partial charge < -0.3 is 14.2 Å². The number of nitrogens with zero attached hydrogens (tertiary/aromatic N) is 3. The number of hydrogen-bond acceptors (Lipinski definition) is 9. The predicted molar refractivity (Wildman–Crippen MR) is 189 cm³/mol. The summed E-state index contributed by atoms with van der Waals surface area (Å²) in [5.41, 5.74) is 1.94. The van der Waals surface area contributed by atoms with Crippen molar-refractivity contribution in [1.29, 1.82) is 0 Å². The summed E-state index contributed by atoms with van der Waals surface area (Å²) in [7, 11) is 0. The van der Waals surface area contributed by atoms with E-state index < -0.39 is 17.5 Å². The maximum atomic E-state index is 13.3. The molecular formula is C42H24F3N3O6. The molecule has 0 atom stereocenters. The van der Waals surface area contributed by atoms with Crippen LogP contribution in [0.15, 0.2) is 146 Å². The number of carbonyl (C=O) groups is 3. The molecule has 0 aliphatic heterocycles. The minimum Gasteiger partial charge on any atom is -0.424 e. The first-order valence-corrected chi connectivity index (χ1v) is 16.2. The van der Waals surface area contributed by atoms with E-state index in [1.54, 1.807) is 0 Å². The summed E-state index contributed by atoms with van der Waals surface area (Å²) >= 11 is 0. The lowest BCUT2D eigenvalue weighted by molar-refractivity contribution is 0.103. The number of aromatic nitrogens is 3. The lowest BCUT2D eigenvalue weighted by atomic mass is 10.0. The molecule has 0 amide bonds. The Morgan fingerprint density at radius 3 is 0.704 bits per heavy atom. The van der Waals surface area contributed by atoms with Crippen LogP contribution in [-0.4, -0.2) is 32.3 Å². The van der Waals surface area contributed by atoms with Crippen LogP contribution in [-0.2, 0) is 0 Å². The average Bonchev–Trinajstić information content (AvgIpc) is 3.19. The highest BCUT2D eigenvalue weighted by atomic mass is 19.1. The fourth-order valence-electron chi connectivity index (χ4n) is 5.10. The number of hydrogen-bond donors (Lipinski definition) is 0. The Labute approximate surface area is 305 Å². The van der Waals surface area contributed by atoms with Crippen LogP contribution in [0.2, 0.25) is 0 Å². The maximum Gasteiger partial charge on any atom is 0.331 e. The Bertz CT molecular complexity index is 2170. The van der Waals surface area contributed by atoms with Crippen molar-refractivity contribution < 1.29 is 41.8 Å². The Kier molecular flexibility index (Phi) is 9.98. The summed E-state index contributed by atoms with van der Waals surface area (Å²) in [4.78, 5) is 51.3. The molecule has 0 aliphatic rings. The summed E-state index contributed by atoms with van der Waals surface area (Å²) in [5, 5.41) is 0. The van der Waals surface area contributed by atoms with Crippen molar-refractivity contribution in [3.63, 3.8) is 0 Å². The highest BCUT2D eigenvalue weighted by Gasteiger charge is 2.16. The number of halogens is 3. The highest BCUT2D eigenvalue weighted by Crippen LogP contribution is 2.28. The van der Waals surface area contributed by atoms with Gasteiger partial charge in [-0.2, -0.15) is 0 Å². The second-order valence-corrected chi connectivity index (χ2v) is 11.6. The Balaban J connectivity index is 1.12. The van der Waals surface area contributed by atoms with E-state index in [1.165, 1.54) is 146 Å². The van der Waals surface area contributed by atoms with Gasteiger partial charge in [-0.25, -0.2) is 13.2 Å². The van der Waals surface area contributed by atoms with Crippen LogP contribution in [0, 0.1) is 17.5 Å². The van der Waals surface area contributed by atoms with E-state index in [2.05, 4.69) is 15.0 Å². The third-order valence-electron chi connectivity index (χ3n) is 7.87. The molecule has 0 aliphatic carbocycles. The molecule has 0 spiro atoms. The van der Waals surface area contributed by atoms with Gasteiger partial charge in [-0.1, -0.05) is 0 Å². The number of ketones is 3. The van der Waals surface area contributed by atoms with Crippen LogP contribution in [0.25, 0.3) is 0 Å². The van der Waals surface area contributed by atoms with Gasteiger partial charge in [0.05, 0.1) is 0 Å². The third-order valence-corrected chi connectivity index (χ3v) is 7.87. The Morgan fingerprint density at radius 1 is 0.315 bits per heavy atom. The minimum atomic E-state index is -0.456. The SMILES string of the molecule is O=C(c1ccc(F)cc1)c1ccc(Oc2nc(Oc3ccc(C(=O)c4ccc(F)cc4)cc3)nc(Oc3ccc(C(=O)c4ccc(F)cc4)cc3)n2)cc1. The average molecular weight is 724 g/mol. The van der Waals surface area contributed by atoms with E-state index in [-0.39, 0.29) is 52.6 Å². The molecule has 0 saturated carbocycles. The zero-order valence-corrected chi connectivity index (χ0v) is 27.8. The molecule has 1 heterocycles. The van der Waals surface area contributed by atoms with Crippen molar-refractivity contribution in [2.75, 3.05) is 0 Å². The molecule has 7 aromatic rings. The molecule has 1 aromatic heterocycles. The van der Waals surface area contributed by atoms with Gasteiger partial charge in [0.1, 0.15) is 34.7 Å². The third kappa shape index (κ3) is 8.35. The van der Waals surface area contributed by atoms with Crippen LogP contribution in [0.1, 0.15) is 47.8 Å². The van der Waals surface area contributed by atoms with Gasteiger partial charge in [0.15, 0.2) is 17.3 Å². The summed E-state index contributed by atoms with van der Waals surface area (Å²) in [6, 6.07) is 33.2. The zero-order chi connectivity index (χ0) is 37.6. The molecule has 9 nitrogen and oxygen atoms in total. The van der Waals surface area contributed by atoms with Gasteiger partial charge in [-0.3, -0.25) is 14.4 Å². The molecule has 0 saturated heterocycles. The quantitative estimate of drug-likeness (QED) is 0.114. The molecule has 54 heavy (non-hydrogen) atoms. The molecule has 0 N–H and O–H groups in total. The van der Waals surface area contributed by atoms with Crippen LogP contribution in [0.3, 0.4) is 0 Å². The molecule has 264 valence electrons.